The van der Waals surface area contributed by atoms with Gasteiger partial charge >= 0.3 is 0 Å². The Morgan fingerprint density at radius 3 is 2.21 bits per heavy atom. The first-order chi connectivity index (χ1) is 18.3. The molecule has 208 valence electrons. The van der Waals surface area contributed by atoms with Crippen molar-refractivity contribution in [3.8, 4) is 28.7 Å². The van der Waals surface area contributed by atoms with Crippen LogP contribution in [0.5, 0.6) is 28.7 Å². The molecule has 0 aromatic heterocycles. The van der Waals surface area contributed by atoms with E-state index in [1.165, 1.54) is 20.3 Å². The quantitative estimate of drug-likeness (QED) is 0.248. The van der Waals surface area contributed by atoms with Gasteiger partial charge in [-0.05, 0) is 29.8 Å². The molecule has 2 aliphatic rings. The maximum absolute atomic E-state index is 10.3. The minimum Gasteiger partial charge on any atom is -0.493 e. The molecule has 38 heavy (non-hydrogen) atoms. The van der Waals surface area contributed by atoms with Gasteiger partial charge in [-0.15, -0.1) is 0 Å². The summed E-state index contributed by atoms with van der Waals surface area (Å²) < 4.78 is 34.3. The van der Waals surface area contributed by atoms with E-state index in [2.05, 4.69) is 0 Å². The molecular formula is C26H32O12. The minimum atomic E-state index is -1.59. The number of hydrogen-bond acceptors (Lipinski definition) is 12. The highest BCUT2D eigenvalue weighted by Crippen LogP contribution is 2.47. The number of aliphatic hydroxyl groups is 6. The van der Waals surface area contributed by atoms with E-state index in [1.54, 1.807) is 36.4 Å². The lowest BCUT2D eigenvalue weighted by atomic mass is 9.99. The Morgan fingerprint density at radius 2 is 1.55 bits per heavy atom. The topological polar surface area (TPSA) is 177 Å². The van der Waals surface area contributed by atoms with Crippen molar-refractivity contribution in [2.24, 2.45) is 0 Å². The maximum atomic E-state index is 10.3. The third-order valence-electron chi connectivity index (χ3n) is 6.33. The average Bonchev–Trinajstić information content (AvgIpc) is 2.95. The SMILES string of the molecule is COc1cc([C@@H]2Oc3cc(/C=C/CO)cc(OC)c3O[C@H]2CO)ccc1O[C@@H]1O[C@H](CO)[C@@H](O)[C@H](O)[C@H]1O. The van der Waals surface area contributed by atoms with E-state index in [0.29, 0.717) is 28.4 Å². The lowest BCUT2D eigenvalue weighted by Gasteiger charge is -2.39. The molecule has 2 heterocycles. The van der Waals surface area contributed by atoms with Gasteiger partial charge in [0.05, 0.1) is 34.0 Å². The second-order valence-corrected chi connectivity index (χ2v) is 8.74. The molecule has 2 aromatic rings. The Morgan fingerprint density at radius 1 is 0.816 bits per heavy atom. The fourth-order valence-corrected chi connectivity index (χ4v) is 4.33. The Kier molecular flexibility index (Phi) is 8.95. The number of rotatable bonds is 9. The molecule has 2 aliphatic heterocycles. The minimum absolute atomic E-state index is 0.136. The molecule has 12 heteroatoms. The molecule has 0 saturated carbocycles. The molecule has 0 bridgehead atoms. The van der Waals surface area contributed by atoms with Crippen LogP contribution in [0.1, 0.15) is 17.2 Å². The standard InChI is InChI=1S/C26H32O12/c1-33-16-10-14(5-6-15(16)37-26-23(32)22(31)21(30)19(11-28)38-26)24-20(12-29)36-25-17(34-2)8-13(4-3-7-27)9-18(25)35-24/h3-6,8-10,19-24,26-32H,7,11-12H2,1-2H3/b4-3+/t19-,20+,21-,22+,23-,24+,26-/m1/s1. The number of hydrogen-bond donors (Lipinski definition) is 6. The first-order valence-electron chi connectivity index (χ1n) is 11.9. The molecule has 0 spiro atoms. The predicted octanol–water partition coefficient (Wildman–Crippen LogP) is -0.239. The first-order valence-corrected chi connectivity index (χ1v) is 11.9. The molecule has 0 aliphatic carbocycles. The monoisotopic (exact) mass is 536 g/mol. The van der Waals surface area contributed by atoms with Crippen molar-refractivity contribution in [3.63, 3.8) is 0 Å². The van der Waals surface area contributed by atoms with E-state index in [0.717, 1.165) is 0 Å². The molecule has 4 rings (SSSR count). The van der Waals surface area contributed by atoms with Crippen LogP contribution in [0.25, 0.3) is 6.08 Å². The van der Waals surface area contributed by atoms with Crippen molar-refractivity contribution in [1.29, 1.82) is 0 Å². The molecule has 0 unspecified atom stereocenters. The van der Waals surface area contributed by atoms with Gasteiger partial charge in [0, 0.05) is 5.56 Å². The third-order valence-corrected chi connectivity index (χ3v) is 6.33. The summed E-state index contributed by atoms with van der Waals surface area (Å²) in [5, 5.41) is 58.9. The maximum Gasteiger partial charge on any atom is 0.229 e. The summed E-state index contributed by atoms with van der Waals surface area (Å²) in [6.07, 6.45) is -5.51. The number of methoxy groups -OCH3 is 2. The van der Waals surface area contributed by atoms with Gasteiger partial charge in [-0.3, -0.25) is 0 Å². The van der Waals surface area contributed by atoms with Gasteiger partial charge in [0.1, 0.15) is 24.4 Å². The number of aliphatic hydroxyl groups excluding tert-OH is 6. The number of benzene rings is 2. The molecular weight excluding hydrogens is 504 g/mol. The van der Waals surface area contributed by atoms with Gasteiger partial charge < -0.3 is 59.1 Å². The zero-order valence-electron chi connectivity index (χ0n) is 20.8. The average molecular weight is 537 g/mol. The Hall–Kier alpha value is -3.10. The van der Waals surface area contributed by atoms with Crippen LogP contribution < -0.4 is 23.7 Å². The molecule has 1 saturated heterocycles. The normalized spacial score (nSPS) is 28.8. The Labute approximate surface area is 218 Å². The Balaban J connectivity index is 1.61. The Bertz CT molecular complexity index is 1120. The highest BCUT2D eigenvalue weighted by Gasteiger charge is 2.45. The van der Waals surface area contributed by atoms with E-state index >= 15 is 0 Å². The van der Waals surface area contributed by atoms with Crippen LogP contribution in [0.2, 0.25) is 0 Å². The van der Waals surface area contributed by atoms with Crippen LogP contribution in [0.4, 0.5) is 0 Å². The summed E-state index contributed by atoms with van der Waals surface area (Å²) in [6.45, 7) is -1.10. The van der Waals surface area contributed by atoms with E-state index < -0.39 is 49.5 Å². The second-order valence-electron chi connectivity index (χ2n) is 8.74. The van der Waals surface area contributed by atoms with E-state index in [-0.39, 0.29) is 24.7 Å². The predicted molar refractivity (Wildman–Crippen MR) is 131 cm³/mol. The van der Waals surface area contributed by atoms with Crippen molar-refractivity contribution in [2.45, 2.75) is 42.9 Å². The fourth-order valence-electron chi connectivity index (χ4n) is 4.33. The summed E-state index contributed by atoms with van der Waals surface area (Å²) in [7, 11) is 2.89. The van der Waals surface area contributed by atoms with Crippen molar-refractivity contribution >= 4 is 6.08 Å². The van der Waals surface area contributed by atoms with Gasteiger partial charge in [0.25, 0.3) is 0 Å². The largest absolute Gasteiger partial charge is 0.493 e. The smallest absolute Gasteiger partial charge is 0.229 e. The fraction of sp³-hybridized carbons (Fsp3) is 0.462. The molecule has 0 amide bonds. The highest BCUT2D eigenvalue weighted by atomic mass is 16.7. The zero-order chi connectivity index (χ0) is 27.4. The lowest BCUT2D eigenvalue weighted by Crippen LogP contribution is -2.60. The molecule has 12 nitrogen and oxygen atoms in total. The van der Waals surface area contributed by atoms with Crippen LogP contribution in [0, 0.1) is 0 Å². The van der Waals surface area contributed by atoms with Crippen molar-refractivity contribution in [2.75, 3.05) is 34.0 Å². The van der Waals surface area contributed by atoms with Crippen molar-refractivity contribution < 1.29 is 59.1 Å². The summed E-state index contributed by atoms with van der Waals surface area (Å²) in [5.74, 6) is 1.48. The van der Waals surface area contributed by atoms with Crippen LogP contribution in [0.3, 0.4) is 0 Å². The van der Waals surface area contributed by atoms with E-state index in [1.807, 2.05) is 0 Å². The lowest BCUT2D eigenvalue weighted by molar-refractivity contribution is -0.277. The molecule has 2 aromatic carbocycles. The first kappa shape index (κ1) is 27.9. The molecule has 0 radical (unpaired) electrons. The van der Waals surface area contributed by atoms with Gasteiger partial charge in [0.15, 0.2) is 35.2 Å². The summed E-state index contributed by atoms with van der Waals surface area (Å²) in [5.41, 5.74) is 1.28. The zero-order valence-corrected chi connectivity index (χ0v) is 20.8. The van der Waals surface area contributed by atoms with Crippen LogP contribution >= 0.6 is 0 Å². The second kappa shape index (κ2) is 12.2. The van der Waals surface area contributed by atoms with Crippen LogP contribution in [0.15, 0.2) is 36.4 Å². The van der Waals surface area contributed by atoms with E-state index in [9.17, 15) is 25.5 Å². The molecule has 1 fully saturated rings. The highest BCUT2D eigenvalue weighted by molar-refractivity contribution is 5.63. The van der Waals surface area contributed by atoms with Crippen LogP contribution in [-0.4, -0.2) is 101 Å². The van der Waals surface area contributed by atoms with Gasteiger partial charge in [-0.25, -0.2) is 0 Å². The third kappa shape index (κ3) is 5.52. The van der Waals surface area contributed by atoms with Gasteiger partial charge in [-0.2, -0.15) is 0 Å². The number of fused-ring (bicyclic) bond motifs is 1. The molecule has 6 N–H and O–H groups in total. The summed E-state index contributed by atoms with van der Waals surface area (Å²) in [6, 6.07) is 8.23. The van der Waals surface area contributed by atoms with Crippen molar-refractivity contribution in [3.05, 3.63) is 47.5 Å². The number of ether oxygens (including phenoxy) is 6. The van der Waals surface area contributed by atoms with Gasteiger partial charge in [0.2, 0.25) is 12.0 Å². The van der Waals surface area contributed by atoms with E-state index in [4.69, 9.17) is 33.5 Å². The van der Waals surface area contributed by atoms with Crippen molar-refractivity contribution in [1.82, 2.24) is 0 Å². The van der Waals surface area contributed by atoms with Gasteiger partial charge in [-0.1, -0.05) is 18.2 Å². The van der Waals surface area contributed by atoms with Crippen LogP contribution in [-0.2, 0) is 4.74 Å². The summed E-state index contributed by atoms with van der Waals surface area (Å²) >= 11 is 0. The molecule has 7 atom stereocenters. The summed E-state index contributed by atoms with van der Waals surface area (Å²) in [4.78, 5) is 0.